The molecule has 2 N–H and O–H groups in total. The monoisotopic (exact) mass is 627 g/mol. The maximum absolute atomic E-state index is 12.5. The van der Waals surface area contributed by atoms with Gasteiger partial charge < -0.3 is 30.6 Å². The maximum Gasteiger partial charge on any atom is 2.00 e. The standard InChI is InChI=1S/C19H16N4O2S3.C3H5NOS2.Zn/c24-28(25,18-12-10-14(11-13-18)20-19(26)27)23-17-8-6-16(7-9-17)22-21-15-4-2-1-3-5-15;1-4(2-5)3(6)7;/h1-13,23H,(H2,20,26,27);2H,1H3,(H,6,7);/q;;+2. The van der Waals surface area contributed by atoms with Crippen molar-refractivity contribution in [2.24, 2.45) is 10.2 Å². The van der Waals surface area contributed by atoms with Gasteiger partial charge in [-0.3, -0.25) is 14.4 Å². The van der Waals surface area contributed by atoms with Crippen molar-refractivity contribution in [1.82, 2.24) is 4.90 Å². The van der Waals surface area contributed by atoms with Gasteiger partial charge in [0, 0.05) is 18.4 Å². The summed E-state index contributed by atoms with van der Waals surface area (Å²) in [7, 11) is -2.17. The van der Waals surface area contributed by atoms with Crippen LogP contribution in [0.25, 0.3) is 0 Å². The van der Waals surface area contributed by atoms with Crippen molar-refractivity contribution < 1.29 is 32.7 Å². The first-order chi connectivity index (χ1) is 16.6. The number of hydrogen-bond acceptors (Lipinski definition) is 7. The van der Waals surface area contributed by atoms with E-state index < -0.39 is 10.0 Å². The molecule has 8 nitrogen and oxygen atoms in total. The summed E-state index contributed by atoms with van der Waals surface area (Å²) in [6, 6.07) is 22.2. The van der Waals surface area contributed by atoms with Gasteiger partial charge in [-0.15, -0.1) is 0 Å². The Bertz CT molecular complexity index is 1290. The molecule has 0 aliphatic heterocycles. The number of benzene rings is 3. The first-order valence-corrected chi connectivity index (χ1v) is 12.9. The molecule has 0 radical (unpaired) electrons. The topological polar surface area (TPSA) is 103 Å². The van der Waals surface area contributed by atoms with E-state index in [4.69, 9.17) is 12.6 Å². The van der Waals surface area contributed by atoms with Gasteiger partial charge in [0.15, 0.2) is 24.4 Å². The van der Waals surface area contributed by atoms with Crippen molar-refractivity contribution in [2.45, 2.75) is 4.90 Å². The molecule has 1 amide bonds. The third kappa shape index (κ3) is 11.2. The quantitative estimate of drug-likeness (QED) is 0.0793. The van der Waals surface area contributed by atoms with Gasteiger partial charge in [0.25, 0.3) is 10.0 Å². The zero-order valence-electron chi connectivity index (χ0n) is 19.0. The van der Waals surface area contributed by atoms with Gasteiger partial charge in [0.1, 0.15) is 8.64 Å². The van der Waals surface area contributed by atoms with Crippen LogP contribution in [0, 0.1) is 0 Å². The van der Waals surface area contributed by atoms with E-state index in [2.05, 4.69) is 57.3 Å². The van der Waals surface area contributed by atoms with Crippen molar-refractivity contribution in [3.63, 3.8) is 0 Å². The van der Waals surface area contributed by atoms with Crippen LogP contribution in [0.5, 0.6) is 0 Å². The van der Waals surface area contributed by atoms with E-state index in [1.165, 1.54) is 17.0 Å². The Hall–Kier alpha value is -2.22. The molecule has 0 aliphatic rings. The molecule has 0 saturated heterocycles. The predicted octanol–water partition coefficient (Wildman–Crippen LogP) is 3.21. The van der Waals surface area contributed by atoms with E-state index in [0.29, 0.717) is 27.8 Å². The number of carbonyl (C=O) groups is 1. The number of thiol groups is 2. The van der Waals surface area contributed by atoms with Crippen LogP contribution in [0.15, 0.2) is 94.0 Å². The number of carbonyl (C=O) groups excluding carboxylic acids is 1. The minimum Gasteiger partial charge on any atom is -0.673 e. The average Bonchev–Trinajstić information content (AvgIpc) is 2.84. The SMILES string of the molecule is CN(C=O)C([S-])=[SH+].O=S(=O)(Nc1ccc(N=Nc2ccccc2)cc1)c1ccc(NC([S-])=[SH+])cc1.[Zn+2]. The second-order valence-corrected chi connectivity index (χ2v) is 10.6. The molecule has 0 heterocycles. The van der Waals surface area contributed by atoms with Crippen LogP contribution in [0.3, 0.4) is 0 Å². The van der Waals surface area contributed by atoms with Gasteiger partial charge in [0.2, 0.25) is 6.41 Å². The van der Waals surface area contributed by atoms with E-state index in [-0.39, 0.29) is 28.7 Å². The number of nitrogens with zero attached hydrogens (tertiary/aromatic N) is 3. The minimum absolute atomic E-state index is 0. The van der Waals surface area contributed by atoms with Crippen molar-refractivity contribution in [1.29, 1.82) is 0 Å². The molecule has 0 unspecified atom stereocenters. The molecule has 3 rings (SSSR count). The molecule has 182 valence electrons. The van der Waals surface area contributed by atoms with Crippen LogP contribution in [0.1, 0.15) is 0 Å². The smallest absolute Gasteiger partial charge is 0.673 e. The van der Waals surface area contributed by atoms with Crippen LogP contribution in [-0.2, 0) is 84.0 Å². The number of anilines is 2. The molecule has 0 bridgehead atoms. The fraction of sp³-hybridized carbons (Fsp3) is 0.0455. The normalized spacial score (nSPS) is 10.3. The van der Waals surface area contributed by atoms with Gasteiger partial charge in [-0.2, -0.15) is 10.2 Å². The molecule has 0 aromatic heterocycles. The number of nitrogens with one attached hydrogen (secondary N) is 2. The van der Waals surface area contributed by atoms with Gasteiger partial charge in [0.05, 0.1) is 16.3 Å². The summed E-state index contributed by atoms with van der Waals surface area (Å²) in [5.41, 5.74) is 2.44. The molecule has 3 aromatic carbocycles. The van der Waals surface area contributed by atoms with Crippen LogP contribution in [-0.4, -0.2) is 35.4 Å². The summed E-state index contributed by atoms with van der Waals surface area (Å²) < 4.78 is 28.2. The van der Waals surface area contributed by atoms with Crippen LogP contribution < -0.4 is 10.0 Å². The van der Waals surface area contributed by atoms with E-state index in [9.17, 15) is 13.2 Å². The molecular weight excluding hydrogens is 608 g/mol. The van der Waals surface area contributed by atoms with Crippen LogP contribution >= 0.6 is 0 Å². The molecule has 0 fully saturated rings. The molecule has 3 aromatic rings. The average molecular weight is 629 g/mol. The van der Waals surface area contributed by atoms with Crippen LogP contribution in [0.4, 0.5) is 22.7 Å². The largest absolute Gasteiger partial charge is 2.00 e. The van der Waals surface area contributed by atoms with Gasteiger partial charge >= 0.3 is 19.5 Å². The Morgan fingerprint density at radius 3 is 1.81 bits per heavy atom. The van der Waals surface area contributed by atoms with Crippen molar-refractivity contribution >= 4 is 97.5 Å². The maximum atomic E-state index is 12.5. The molecule has 0 atom stereocenters. The fourth-order valence-corrected chi connectivity index (χ4v) is 3.70. The first-order valence-electron chi connectivity index (χ1n) is 9.71. The second kappa shape index (κ2) is 15.8. The Labute approximate surface area is 244 Å². The number of rotatable bonds is 7. The predicted molar refractivity (Wildman–Crippen MR) is 154 cm³/mol. The third-order valence-electron chi connectivity index (χ3n) is 4.03. The minimum atomic E-state index is -3.71. The molecule has 0 saturated carbocycles. The summed E-state index contributed by atoms with van der Waals surface area (Å²) >= 11 is 17.0. The summed E-state index contributed by atoms with van der Waals surface area (Å²) in [5.74, 6) is 0. The molecule has 0 spiro atoms. The van der Waals surface area contributed by atoms with E-state index in [1.54, 1.807) is 43.4 Å². The number of amides is 1. The first kappa shape index (κ1) is 31.8. The van der Waals surface area contributed by atoms with Crippen molar-refractivity contribution in [3.05, 3.63) is 78.9 Å². The Morgan fingerprint density at radius 2 is 1.36 bits per heavy atom. The van der Waals surface area contributed by atoms with Gasteiger partial charge in [-0.25, -0.2) is 8.42 Å². The zero-order chi connectivity index (χ0) is 25.8. The molecule has 36 heavy (non-hydrogen) atoms. The van der Waals surface area contributed by atoms with Crippen molar-refractivity contribution in [2.75, 3.05) is 17.1 Å². The Kier molecular flexibility index (Phi) is 14.0. The summed E-state index contributed by atoms with van der Waals surface area (Å²) in [4.78, 5) is 11.1. The van der Waals surface area contributed by atoms with E-state index in [0.717, 1.165) is 5.69 Å². The molecular formula is C22H21N5O3S5Zn+2. The summed E-state index contributed by atoms with van der Waals surface area (Å²) in [6.07, 6.45) is 0.606. The molecule has 14 heteroatoms. The van der Waals surface area contributed by atoms with Crippen LogP contribution in [0.2, 0.25) is 0 Å². The molecule has 0 aliphatic carbocycles. The number of sulfonamides is 1. The third-order valence-corrected chi connectivity index (χ3v) is 6.25. The zero-order valence-corrected chi connectivity index (χ0v) is 26.2. The van der Waals surface area contributed by atoms with Crippen molar-refractivity contribution in [3.8, 4) is 0 Å². The number of azo groups is 1. The van der Waals surface area contributed by atoms with E-state index in [1.807, 2.05) is 30.3 Å². The number of hydrogen-bond donors (Lipinski definition) is 2. The van der Waals surface area contributed by atoms with E-state index >= 15 is 0 Å². The second-order valence-electron chi connectivity index (χ2n) is 6.64. The fourth-order valence-electron chi connectivity index (χ4n) is 2.31. The van der Waals surface area contributed by atoms with Gasteiger partial charge in [-0.1, -0.05) is 18.2 Å². The summed E-state index contributed by atoms with van der Waals surface area (Å²) in [5, 5.41) is 11.1. The Morgan fingerprint density at radius 1 is 0.861 bits per heavy atom. The Balaban J connectivity index is 0.000000712. The summed E-state index contributed by atoms with van der Waals surface area (Å²) in [6.45, 7) is 0. The van der Waals surface area contributed by atoms with Gasteiger partial charge in [-0.05, 0) is 60.7 Å².